The molecular weight excluding hydrogens is 364 g/mol. The molecule has 27 heavy (non-hydrogen) atoms. The number of carbonyl (C=O) groups excluding carboxylic acids is 2. The standard InChI is InChI=1S/C20H36N4O2.ClH/c25-19(22-10-3-13-24-14-11-21-12-15-24)17-6-8-18(9-7-17)23-20(26)16-4-1-2-5-16;/h16-18,21H,1-15H2,(H,22,25)(H,23,26);1H. The van der Waals surface area contributed by atoms with Gasteiger partial charge in [0, 0.05) is 50.6 Å². The van der Waals surface area contributed by atoms with Crippen LogP contribution in [0.15, 0.2) is 0 Å². The minimum absolute atomic E-state index is 0. The van der Waals surface area contributed by atoms with E-state index in [1.807, 2.05) is 0 Å². The fourth-order valence-electron chi connectivity index (χ4n) is 4.60. The van der Waals surface area contributed by atoms with Gasteiger partial charge in [0.15, 0.2) is 0 Å². The number of rotatable bonds is 7. The molecule has 6 nitrogen and oxygen atoms in total. The van der Waals surface area contributed by atoms with Crippen molar-refractivity contribution in [2.24, 2.45) is 11.8 Å². The average molecular weight is 401 g/mol. The van der Waals surface area contributed by atoms with Crippen molar-refractivity contribution in [2.45, 2.75) is 63.8 Å². The summed E-state index contributed by atoms with van der Waals surface area (Å²) < 4.78 is 0. The second kappa shape index (κ2) is 11.9. The molecule has 0 atom stereocenters. The van der Waals surface area contributed by atoms with Crippen LogP contribution < -0.4 is 16.0 Å². The van der Waals surface area contributed by atoms with Gasteiger partial charge >= 0.3 is 0 Å². The molecule has 0 aromatic rings. The van der Waals surface area contributed by atoms with Crippen molar-refractivity contribution < 1.29 is 9.59 Å². The van der Waals surface area contributed by atoms with Crippen LogP contribution in [0.4, 0.5) is 0 Å². The van der Waals surface area contributed by atoms with Gasteiger partial charge in [-0.2, -0.15) is 0 Å². The number of hydrogen-bond donors (Lipinski definition) is 3. The Hall–Kier alpha value is -0.850. The lowest BCUT2D eigenvalue weighted by molar-refractivity contribution is -0.126. The molecule has 156 valence electrons. The van der Waals surface area contributed by atoms with E-state index in [1.54, 1.807) is 0 Å². The molecule has 3 fully saturated rings. The predicted molar refractivity (Wildman–Crippen MR) is 110 cm³/mol. The number of amides is 2. The van der Waals surface area contributed by atoms with Gasteiger partial charge in [-0.1, -0.05) is 12.8 Å². The summed E-state index contributed by atoms with van der Waals surface area (Å²) >= 11 is 0. The van der Waals surface area contributed by atoms with Crippen molar-refractivity contribution in [1.29, 1.82) is 0 Å². The Kier molecular flexibility index (Phi) is 9.87. The summed E-state index contributed by atoms with van der Waals surface area (Å²) in [4.78, 5) is 27.1. The van der Waals surface area contributed by atoms with Crippen molar-refractivity contribution in [3.63, 3.8) is 0 Å². The Morgan fingerprint density at radius 3 is 2.19 bits per heavy atom. The third-order valence-corrected chi connectivity index (χ3v) is 6.33. The fourth-order valence-corrected chi connectivity index (χ4v) is 4.60. The lowest BCUT2D eigenvalue weighted by Gasteiger charge is -2.29. The Bertz CT molecular complexity index is 457. The van der Waals surface area contributed by atoms with Crippen LogP contribution in [0.3, 0.4) is 0 Å². The van der Waals surface area contributed by atoms with Crippen LogP contribution >= 0.6 is 12.4 Å². The van der Waals surface area contributed by atoms with Gasteiger partial charge in [-0.15, -0.1) is 12.4 Å². The molecule has 3 aliphatic rings. The van der Waals surface area contributed by atoms with Gasteiger partial charge in [-0.05, 0) is 51.5 Å². The SMILES string of the molecule is Cl.O=C(NCCCN1CCNCC1)C1CCC(NC(=O)C2CCCC2)CC1. The Morgan fingerprint density at radius 2 is 1.52 bits per heavy atom. The van der Waals surface area contributed by atoms with E-state index in [1.165, 1.54) is 12.8 Å². The molecule has 2 saturated carbocycles. The maximum atomic E-state index is 12.4. The highest BCUT2D eigenvalue weighted by Crippen LogP contribution is 2.27. The number of hydrogen-bond acceptors (Lipinski definition) is 4. The van der Waals surface area contributed by atoms with Crippen LogP contribution in [0.5, 0.6) is 0 Å². The van der Waals surface area contributed by atoms with E-state index >= 15 is 0 Å². The Balaban J connectivity index is 0.00000261. The van der Waals surface area contributed by atoms with Gasteiger partial charge in [0.05, 0.1) is 0 Å². The second-order valence-electron chi connectivity index (χ2n) is 8.27. The summed E-state index contributed by atoms with van der Waals surface area (Å²) in [7, 11) is 0. The summed E-state index contributed by atoms with van der Waals surface area (Å²) in [6.45, 7) is 6.23. The molecule has 1 saturated heterocycles. The van der Waals surface area contributed by atoms with Crippen LogP contribution in [0.25, 0.3) is 0 Å². The third-order valence-electron chi connectivity index (χ3n) is 6.33. The second-order valence-corrected chi connectivity index (χ2v) is 8.27. The summed E-state index contributed by atoms with van der Waals surface area (Å²) in [5, 5.41) is 9.71. The third kappa shape index (κ3) is 7.24. The van der Waals surface area contributed by atoms with Crippen LogP contribution in [0, 0.1) is 11.8 Å². The molecule has 0 unspecified atom stereocenters. The molecule has 0 aromatic heterocycles. The first-order valence-electron chi connectivity index (χ1n) is 10.7. The van der Waals surface area contributed by atoms with Crippen LogP contribution in [-0.4, -0.2) is 62.0 Å². The van der Waals surface area contributed by atoms with E-state index in [2.05, 4.69) is 20.9 Å². The van der Waals surface area contributed by atoms with Crippen LogP contribution in [0.2, 0.25) is 0 Å². The van der Waals surface area contributed by atoms with Crippen molar-refractivity contribution >= 4 is 24.2 Å². The molecule has 3 N–H and O–H groups in total. The van der Waals surface area contributed by atoms with Crippen molar-refractivity contribution in [1.82, 2.24) is 20.9 Å². The predicted octanol–water partition coefficient (Wildman–Crippen LogP) is 1.68. The molecule has 2 aliphatic carbocycles. The van der Waals surface area contributed by atoms with E-state index in [0.717, 1.165) is 84.2 Å². The van der Waals surface area contributed by atoms with Gasteiger partial charge in [0.25, 0.3) is 0 Å². The minimum Gasteiger partial charge on any atom is -0.356 e. The molecular formula is C20H37ClN4O2. The first-order valence-corrected chi connectivity index (χ1v) is 10.7. The van der Waals surface area contributed by atoms with Crippen molar-refractivity contribution in [3.8, 4) is 0 Å². The summed E-state index contributed by atoms with van der Waals surface area (Å²) in [6, 6.07) is 0.278. The zero-order chi connectivity index (χ0) is 18.2. The largest absolute Gasteiger partial charge is 0.356 e. The topological polar surface area (TPSA) is 73.5 Å². The number of halogens is 1. The lowest BCUT2D eigenvalue weighted by atomic mass is 9.85. The number of piperazine rings is 1. The molecule has 0 radical (unpaired) electrons. The first kappa shape index (κ1) is 22.4. The summed E-state index contributed by atoms with van der Waals surface area (Å²) in [5.41, 5.74) is 0. The van der Waals surface area contributed by atoms with Gasteiger partial charge in [-0.25, -0.2) is 0 Å². The van der Waals surface area contributed by atoms with E-state index < -0.39 is 0 Å². The smallest absolute Gasteiger partial charge is 0.223 e. The molecule has 3 rings (SSSR count). The van der Waals surface area contributed by atoms with Crippen molar-refractivity contribution in [2.75, 3.05) is 39.3 Å². The molecule has 0 spiro atoms. The first-order chi connectivity index (χ1) is 12.7. The molecule has 1 heterocycles. The molecule has 2 amide bonds. The molecule has 0 bridgehead atoms. The highest BCUT2D eigenvalue weighted by Gasteiger charge is 2.29. The normalized spacial score (nSPS) is 27.0. The number of carbonyl (C=O) groups is 2. The van der Waals surface area contributed by atoms with Crippen LogP contribution in [-0.2, 0) is 9.59 Å². The zero-order valence-electron chi connectivity index (χ0n) is 16.5. The maximum absolute atomic E-state index is 12.4. The highest BCUT2D eigenvalue weighted by atomic mass is 35.5. The van der Waals surface area contributed by atoms with Gasteiger partial charge < -0.3 is 20.9 Å². The molecule has 0 aromatic carbocycles. The fraction of sp³-hybridized carbons (Fsp3) is 0.900. The van der Waals surface area contributed by atoms with E-state index in [9.17, 15) is 9.59 Å². The Morgan fingerprint density at radius 1 is 0.889 bits per heavy atom. The van der Waals surface area contributed by atoms with Crippen LogP contribution in [0.1, 0.15) is 57.8 Å². The number of nitrogens with one attached hydrogen (secondary N) is 3. The molecule has 1 aliphatic heterocycles. The van der Waals surface area contributed by atoms with Gasteiger partial charge in [0.2, 0.25) is 11.8 Å². The van der Waals surface area contributed by atoms with E-state index in [4.69, 9.17) is 0 Å². The monoisotopic (exact) mass is 400 g/mol. The van der Waals surface area contributed by atoms with Crippen molar-refractivity contribution in [3.05, 3.63) is 0 Å². The van der Waals surface area contributed by atoms with E-state index in [-0.39, 0.29) is 42.1 Å². The van der Waals surface area contributed by atoms with Gasteiger partial charge in [-0.3, -0.25) is 9.59 Å². The summed E-state index contributed by atoms with van der Waals surface area (Å²) in [6.07, 6.45) is 9.21. The molecule has 7 heteroatoms. The highest BCUT2D eigenvalue weighted by molar-refractivity contribution is 5.85. The number of nitrogens with zero attached hydrogens (tertiary/aromatic N) is 1. The van der Waals surface area contributed by atoms with Gasteiger partial charge in [0.1, 0.15) is 0 Å². The maximum Gasteiger partial charge on any atom is 0.223 e. The quantitative estimate of drug-likeness (QED) is 0.568. The van der Waals surface area contributed by atoms with E-state index in [0.29, 0.717) is 0 Å². The average Bonchev–Trinajstić information content (AvgIpc) is 3.21. The Labute approximate surface area is 170 Å². The minimum atomic E-state index is 0. The lowest BCUT2D eigenvalue weighted by Crippen LogP contribution is -2.44. The summed E-state index contributed by atoms with van der Waals surface area (Å²) in [5.74, 6) is 0.842. The zero-order valence-corrected chi connectivity index (χ0v) is 17.3.